The Labute approximate surface area is 129 Å². The van der Waals surface area contributed by atoms with Crippen LogP contribution in [0.4, 0.5) is 0 Å². The maximum Gasteiger partial charge on any atom is 0.320 e. The first kappa shape index (κ1) is 14.8. The number of carboxylic acid groups (broad SMARTS) is 1. The van der Waals surface area contributed by atoms with Gasteiger partial charge in [0.2, 0.25) is 5.91 Å². The number of hydrogen-bond acceptors (Lipinski definition) is 4. The summed E-state index contributed by atoms with van der Waals surface area (Å²) in [6.07, 6.45) is 2.18. The van der Waals surface area contributed by atoms with E-state index in [1.165, 1.54) is 0 Å². The van der Waals surface area contributed by atoms with Gasteiger partial charge in [0, 0.05) is 6.42 Å². The van der Waals surface area contributed by atoms with Crippen LogP contribution in [0.1, 0.15) is 18.4 Å². The summed E-state index contributed by atoms with van der Waals surface area (Å²) in [4.78, 5) is 24.8. The highest BCUT2D eigenvalue weighted by atomic mass is 16.5. The number of benzene rings is 1. The minimum atomic E-state index is -0.847. The van der Waals surface area contributed by atoms with E-state index in [4.69, 9.17) is 9.84 Å². The molecule has 0 aromatic heterocycles. The summed E-state index contributed by atoms with van der Waals surface area (Å²) < 4.78 is 5.76. The molecule has 3 rings (SSSR count). The van der Waals surface area contributed by atoms with Gasteiger partial charge in [-0.05, 0) is 31.0 Å². The Kier molecular flexibility index (Phi) is 4.29. The molecular formula is C16H20N2O4. The Morgan fingerprint density at radius 1 is 1.36 bits per heavy atom. The van der Waals surface area contributed by atoms with E-state index in [0.29, 0.717) is 19.5 Å². The van der Waals surface area contributed by atoms with E-state index in [0.717, 1.165) is 24.2 Å². The van der Waals surface area contributed by atoms with Crippen LogP contribution < -0.4 is 10.1 Å². The van der Waals surface area contributed by atoms with Crippen molar-refractivity contribution in [3.63, 3.8) is 0 Å². The molecule has 2 aliphatic heterocycles. The van der Waals surface area contributed by atoms with Crippen LogP contribution in [-0.2, 0) is 16.0 Å². The second-order valence-electron chi connectivity index (χ2n) is 5.82. The van der Waals surface area contributed by atoms with Gasteiger partial charge in [-0.2, -0.15) is 0 Å². The highest BCUT2D eigenvalue weighted by Crippen LogP contribution is 2.27. The minimum absolute atomic E-state index is 0.0461. The number of rotatable bonds is 5. The first-order chi connectivity index (χ1) is 10.6. The van der Waals surface area contributed by atoms with Gasteiger partial charge in [0.1, 0.15) is 17.9 Å². The predicted octanol–water partition coefficient (Wildman–Crippen LogP) is 0.655. The number of nitrogens with zero attached hydrogens (tertiary/aromatic N) is 1. The molecule has 0 spiro atoms. The van der Waals surface area contributed by atoms with Gasteiger partial charge in [-0.15, -0.1) is 0 Å². The summed E-state index contributed by atoms with van der Waals surface area (Å²) in [5, 5.41) is 12.0. The molecule has 1 amide bonds. The Morgan fingerprint density at radius 2 is 2.18 bits per heavy atom. The lowest BCUT2D eigenvalue weighted by Gasteiger charge is -2.20. The molecule has 2 aliphatic rings. The molecule has 6 heteroatoms. The SMILES string of the molecule is O=C(CN1CCC[C@H]1C(=O)O)NC[C@@H]1Cc2ccccc2O1. The molecule has 0 unspecified atom stereocenters. The number of fused-ring (bicyclic) bond motifs is 1. The average molecular weight is 304 g/mol. The zero-order valence-corrected chi connectivity index (χ0v) is 12.3. The largest absolute Gasteiger partial charge is 0.488 e. The molecule has 1 aromatic rings. The second-order valence-corrected chi connectivity index (χ2v) is 5.82. The number of amides is 1. The maximum absolute atomic E-state index is 12.0. The fourth-order valence-electron chi connectivity index (χ4n) is 3.13. The van der Waals surface area contributed by atoms with E-state index in [2.05, 4.69) is 5.32 Å². The molecule has 118 valence electrons. The fraction of sp³-hybridized carbons (Fsp3) is 0.500. The number of carbonyl (C=O) groups is 2. The number of hydrogen-bond donors (Lipinski definition) is 2. The lowest BCUT2D eigenvalue weighted by Crippen LogP contribution is -2.44. The first-order valence-corrected chi connectivity index (χ1v) is 7.61. The van der Waals surface area contributed by atoms with Crippen molar-refractivity contribution in [1.29, 1.82) is 0 Å². The molecule has 6 nitrogen and oxygen atoms in total. The van der Waals surface area contributed by atoms with E-state index < -0.39 is 12.0 Å². The summed E-state index contributed by atoms with van der Waals surface area (Å²) in [6.45, 7) is 1.24. The van der Waals surface area contributed by atoms with E-state index >= 15 is 0 Å². The Bertz CT molecular complexity index is 550. The van der Waals surface area contributed by atoms with Crippen molar-refractivity contribution in [3.8, 4) is 5.75 Å². The molecule has 2 N–H and O–H groups in total. The van der Waals surface area contributed by atoms with Crippen molar-refractivity contribution in [2.45, 2.75) is 31.4 Å². The highest BCUT2D eigenvalue weighted by Gasteiger charge is 2.31. The first-order valence-electron chi connectivity index (χ1n) is 7.61. The molecule has 2 atom stereocenters. The van der Waals surface area contributed by atoms with Crippen molar-refractivity contribution >= 4 is 11.9 Å². The van der Waals surface area contributed by atoms with Crippen LogP contribution in [0.2, 0.25) is 0 Å². The van der Waals surface area contributed by atoms with Gasteiger partial charge in [-0.25, -0.2) is 0 Å². The summed E-state index contributed by atoms with van der Waals surface area (Å²) in [7, 11) is 0. The van der Waals surface area contributed by atoms with E-state index in [1.807, 2.05) is 24.3 Å². The number of carbonyl (C=O) groups excluding carboxylic acids is 1. The van der Waals surface area contributed by atoms with Crippen LogP contribution in [0, 0.1) is 0 Å². The predicted molar refractivity (Wildman–Crippen MR) is 79.8 cm³/mol. The average Bonchev–Trinajstić information content (AvgIpc) is 3.10. The number of para-hydroxylation sites is 1. The van der Waals surface area contributed by atoms with Gasteiger partial charge in [0.25, 0.3) is 0 Å². The number of carboxylic acids is 1. The van der Waals surface area contributed by atoms with Crippen LogP contribution in [0.15, 0.2) is 24.3 Å². The van der Waals surface area contributed by atoms with Crippen LogP contribution in [0.3, 0.4) is 0 Å². The van der Waals surface area contributed by atoms with Gasteiger partial charge < -0.3 is 15.2 Å². The number of ether oxygens (including phenoxy) is 1. The minimum Gasteiger partial charge on any atom is -0.488 e. The van der Waals surface area contributed by atoms with Crippen LogP contribution in [0.5, 0.6) is 5.75 Å². The molecule has 1 aromatic carbocycles. The third-order valence-electron chi connectivity index (χ3n) is 4.24. The van der Waals surface area contributed by atoms with Gasteiger partial charge in [-0.1, -0.05) is 18.2 Å². The monoisotopic (exact) mass is 304 g/mol. The molecule has 0 radical (unpaired) electrons. The lowest BCUT2D eigenvalue weighted by molar-refractivity contribution is -0.142. The summed E-state index contributed by atoms with van der Waals surface area (Å²) in [5.74, 6) is -0.111. The van der Waals surface area contributed by atoms with E-state index in [1.54, 1.807) is 4.90 Å². The quantitative estimate of drug-likeness (QED) is 0.835. The third-order valence-corrected chi connectivity index (χ3v) is 4.24. The molecular weight excluding hydrogens is 284 g/mol. The molecule has 0 bridgehead atoms. The van der Waals surface area contributed by atoms with Crippen LogP contribution >= 0.6 is 0 Å². The fourth-order valence-corrected chi connectivity index (χ4v) is 3.13. The number of nitrogens with one attached hydrogen (secondary N) is 1. The molecule has 2 heterocycles. The molecule has 0 saturated carbocycles. The summed E-state index contributed by atoms with van der Waals surface area (Å²) >= 11 is 0. The van der Waals surface area contributed by atoms with Crippen molar-refractivity contribution in [2.75, 3.05) is 19.6 Å². The van der Waals surface area contributed by atoms with Gasteiger partial charge in [0.15, 0.2) is 0 Å². The topological polar surface area (TPSA) is 78.9 Å². The van der Waals surface area contributed by atoms with Crippen molar-refractivity contribution in [1.82, 2.24) is 10.2 Å². The zero-order valence-electron chi connectivity index (χ0n) is 12.3. The third kappa shape index (κ3) is 3.22. The Hall–Kier alpha value is -2.08. The van der Waals surface area contributed by atoms with Gasteiger partial charge >= 0.3 is 5.97 Å². The van der Waals surface area contributed by atoms with Crippen molar-refractivity contribution in [2.24, 2.45) is 0 Å². The van der Waals surface area contributed by atoms with Crippen molar-refractivity contribution < 1.29 is 19.4 Å². The lowest BCUT2D eigenvalue weighted by atomic mass is 10.1. The normalized spacial score (nSPS) is 23.8. The smallest absolute Gasteiger partial charge is 0.320 e. The van der Waals surface area contributed by atoms with Crippen LogP contribution in [0.25, 0.3) is 0 Å². The summed E-state index contributed by atoms with van der Waals surface area (Å²) in [6, 6.07) is 7.33. The highest BCUT2D eigenvalue weighted by molar-refractivity contribution is 5.80. The van der Waals surface area contributed by atoms with Crippen LogP contribution in [-0.4, -0.2) is 53.7 Å². The zero-order chi connectivity index (χ0) is 15.5. The molecule has 1 saturated heterocycles. The Morgan fingerprint density at radius 3 is 2.95 bits per heavy atom. The van der Waals surface area contributed by atoms with Gasteiger partial charge in [-0.3, -0.25) is 14.5 Å². The van der Waals surface area contributed by atoms with Gasteiger partial charge in [0.05, 0.1) is 13.1 Å². The maximum atomic E-state index is 12.0. The molecule has 1 fully saturated rings. The number of aliphatic carboxylic acids is 1. The van der Waals surface area contributed by atoms with Crippen molar-refractivity contribution in [3.05, 3.63) is 29.8 Å². The standard InChI is InChI=1S/C16H20N2O4/c19-15(10-18-7-3-5-13(18)16(20)21)17-9-12-8-11-4-1-2-6-14(11)22-12/h1-2,4,6,12-13H,3,5,7-10H2,(H,17,19)(H,20,21)/t12-,13-/m0/s1. The summed E-state index contributed by atoms with van der Waals surface area (Å²) in [5.41, 5.74) is 1.16. The number of likely N-dealkylation sites (tertiary alicyclic amines) is 1. The Balaban J connectivity index is 1.45. The molecule has 0 aliphatic carbocycles. The molecule has 22 heavy (non-hydrogen) atoms. The van der Waals surface area contributed by atoms with E-state index in [-0.39, 0.29) is 18.6 Å². The van der Waals surface area contributed by atoms with E-state index in [9.17, 15) is 9.59 Å². The second kappa shape index (κ2) is 6.36.